The Morgan fingerprint density at radius 2 is 1.87 bits per heavy atom. The van der Waals surface area contributed by atoms with Gasteiger partial charge in [-0.1, -0.05) is 0 Å². The normalized spacial score (nSPS) is 10.0. The number of hydrogen-bond acceptors (Lipinski definition) is 3. The molecule has 0 saturated carbocycles. The van der Waals surface area contributed by atoms with Crippen LogP contribution >= 0.6 is 0 Å². The van der Waals surface area contributed by atoms with Gasteiger partial charge < -0.3 is 14.8 Å². The second-order valence-electron chi connectivity index (χ2n) is 3.17. The fourth-order valence-corrected chi connectivity index (χ4v) is 1.21. The Bertz CT molecular complexity index is 259. The highest BCUT2D eigenvalue weighted by Crippen LogP contribution is 2.14. The summed E-state index contributed by atoms with van der Waals surface area (Å²) in [6.45, 7) is 4.25. The van der Waals surface area contributed by atoms with Crippen LogP contribution in [0.4, 0.5) is 5.69 Å². The van der Waals surface area contributed by atoms with E-state index in [2.05, 4.69) is 5.32 Å². The van der Waals surface area contributed by atoms with Crippen molar-refractivity contribution in [1.82, 2.24) is 0 Å². The standard InChI is InChI=1S/C12H19NO2/c1-3-14-9-4-10-15-12-7-5-11(13-2)6-8-12/h5-8,13H,3-4,9-10H2,1-2H3. The van der Waals surface area contributed by atoms with E-state index in [1.165, 1.54) is 0 Å². The highest BCUT2D eigenvalue weighted by molar-refractivity contribution is 5.45. The smallest absolute Gasteiger partial charge is 0.119 e. The maximum absolute atomic E-state index is 5.54. The Morgan fingerprint density at radius 3 is 2.47 bits per heavy atom. The van der Waals surface area contributed by atoms with Crippen LogP contribution in [-0.2, 0) is 4.74 Å². The van der Waals surface area contributed by atoms with Gasteiger partial charge in [-0.15, -0.1) is 0 Å². The first kappa shape index (κ1) is 11.9. The largest absolute Gasteiger partial charge is 0.494 e. The van der Waals surface area contributed by atoms with Crippen LogP contribution in [0.15, 0.2) is 24.3 Å². The van der Waals surface area contributed by atoms with E-state index < -0.39 is 0 Å². The lowest BCUT2D eigenvalue weighted by molar-refractivity contribution is 0.131. The van der Waals surface area contributed by atoms with Crippen LogP contribution < -0.4 is 10.1 Å². The molecule has 3 nitrogen and oxygen atoms in total. The van der Waals surface area contributed by atoms with E-state index in [0.717, 1.165) is 31.1 Å². The molecule has 84 valence electrons. The third kappa shape index (κ3) is 4.70. The van der Waals surface area contributed by atoms with Gasteiger partial charge in [-0.25, -0.2) is 0 Å². The zero-order chi connectivity index (χ0) is 10.9. The molecule has 1 rings (SSSR count). The van der Waals surface area contributed by atoms with E-state index in [9.17, 15) is 0 Å². The first-order valence-electron chi connectivity index (χ1n) is 5.35. The first-order chi connectivity index (χ1) is 7.36. The number of ether oxygens (including phenoxy) is 2. The molecule has 0 unspecified atom stereocenters. The fraction of sp³-hybridized carbons (Fsp3) is 0.500. The fourth-order valence-electron chi connectivity index (χ4n) is 1.21. The molecule has 15 heavy (non-hydrogen) atoms. The molecular formula is C12H19NO2. The number of hydrogen-bond donors (Lipinski definition) is 1. The summed E-state index contributed by atoms with van der Waals surface area (Å²) in [4.78, 5) is 0. The van der Waals surface area contributed by atoms with E-state index in [1.807, 2.05) is 38.2 Å². The van der Waals surface area contributed by atoms with E-state index >= 15 is 0 Å². The monoisotopic (exact) mass is 209 g/mol. The van der Waals surface area contributed by atoms with Gasteiger partial charge in [0.2, 0.25) is 0 Å². The van der Waals surface area contributed by atoms with Crippen molar-refractivity contribution in [2.75, 3.05) is 32.2 Å². The second kappa shape index (κ2) is 7.12. The highest BCUT2D eigenvalue weighted by Gasteiger charge is 1.93. The maximum atomic E-state index is 5.54. The van der Waals surface area contributed by atoms with Crippen molar-refractivity contribution in [3.8, 4) is 5.75 Å². The van der Waals surface area contributed by atoms with Crippen molar-refractivity contribution < 1.29 is 9.47 Å². The molecule has 0 aliphatic rings. The molecule has 3 heteroatoms. The van der Waals surface area contributed by atoms with Gasteiger partial charge in [-0.2, -0.15) is 0 Å². The second-order valence-corrected chi connectivity index (χ2v) is 3.17. The van der Waals surface area contributed by atoms with Crippen LogP contribution in [0.1, 0.15) is 13.3 Å². The predicted octanol–water partition coefficient (Wildman–Crippen LogP) is 2.53. The van der Waals surface area contributed by atoms with Crippen LogP contribution in [0.3, 0.4) is 0 Å². The van der Waals surface area contributed by atoms with Crippen LogP contribution in [-0.4, -0.2) is 26.9 Å². The first-order valence-corrected chi connectivity index (χ1v) is 5.35. The summed E-state index contributed by atoms with van der Waals surface area (Å²) < 4.78 is 10.8. The van der Waals surface area contributed by atoms with Gasteiger partial charge in [0.25, 0.3) is 0 Å². The summed E-state index contributed by atoms with van der Waals surface area (Å²) in [5.74, 6) is 0.908. The van der Waals surface area contributed by atoms with Crippen LogP contribution in [0.5, 0.6) is 5.75 Å². The SMILES string of the molecule is CCOCCCOc1ccc(NC)cc1. The van der Waals surface area contributed by atoms with Crippen molar-refractivity contribution in [2.45, 2.75) is 13.3 Å². The quantitative estimate of drug-likeness (QED) is 0.700. The van der Waals surface area contributed by atoms with Crippen molar-refractivity contribution in [2.24, 2.45) is 0 Å². The average Bonchev–Trinajstić information content (AvgIpc) is 2.30. The molecule has 0 bridgehead atoms. The summed E-state index contributed by atoms with van der Waals surface area (Å²) in [6, 6.07) is 7.93. The van der Waals surface area contributed by atoms with Crippen LogP contribution in [0.25, 0.3) is 0 Å². The minimum atomic E-state index is 0.707. The summed E-state index contributed by atoms with van der Waals surface area (Å²) in [5, 5.41) is 3.06. The lowest BCUT2D eigenvalue weighted by atomic mass is 10.3. The third-order valence-electron chi connectivity index (χ3n) is 2.05. The maximum Gasteiger partial charge on any atom is 0.119 e. The van der Waals surface area contributed by atoms with E-state index in [0.29, 0.717) is 6.61 Å². The van der Waals surface area contributed by atoms with Crippen LogP contribution in [0.2, 0.25) is 0 Å². The Balaban J connectivity index is 2.20. The third-order valence-corrected chi connectivity index (χ3v) is 2.05. The van der Waals surface area contributed by atoms with Crippen molar-refractivity contribution in [3.63, 3.8) is 0 Å². The number of anilines is 1. The zero-order valence-electron chi connectivity index (χ0n) is 9.45. The van der Waals surface area contributed by atoms with E-state index in [4.69, 9.17) is 9.47 Å². The van der Waals surface area contributed by atoms with Crippen molar-refractivity contribution in [1.29, 1.82) is 0 Å². The molecule has 0 heterocycles. The lowest BCUT2D eigenvalue weighted by Crippen LogP contribution is -2.02. The van der Waals surface area contributed by atoms with E-state index in [-0.39, 0.29) is 0 Å². The van der Waals surface area contributed by atoms with Crippen molar-refractivity contribution >= 4 is 5.69 Å². The minimum Gasteiger partial charge on any atom is -0.494 e. The van der Waals surface area contributed by atoms with Gasteiger partial charge in [-0.3, -0.25) is 0 Å². The molecular weight excluding hydrogens is 190 g/mol. The molecule has 0 aliphatic carbocycles. The van der Waals surface area contributed by atoms with Crippen LogP contribution in [0, 0.1) is 0 Å². The molecule has 0 saturated heterocycles. The minimum absolute atomic E-state index is 0.707. The molecule has 0 atom stereocenters. The molecule has 0 spiro atoms. The Hall–Kier alpha value is -1.22. The molecule has 0 amide bonds. The Kier molecular flexibility index (Phi) is 5.63. The molecule has 0 radical (unpaired) electrons. The van der Waals surface area contributed by atoms with Gasteiger partial charge in [0.05, 0.1) is 6.61 Å². The Labute approximate surface area is 91.4 Å². The zero-order valence-corrected chi connectivity index (χ0v) is 9.45. The molecule has 1 N–H and O–H groups in total. The topological polar surface area (TPSA) is 30.5 Å². The number of nitrogens with one attached hydrogen (secondary N) is 1. The van der Waals surface area contributed by atoms with Gasteiger partial charge in [0, 0.05) is 32.4 Å². The molecule has 0 fully saturated rings. The van der Waals surface area contributed by atoms with E-state index in [1.54, 1.807) is 0 Å². The predicted molar refractivity (Wildman–Crippen MR) is 62.6 cm³/mol. The number of benzene rings is 1. The Morgan fingerprint density at radius 1 is 1.13 bits per heavy atom. The summed E-state index contributed by atoms with van der Waals surface area (Å²) >= 11 is 0. The van der Waals surface area contributed by atoms with Crippen molar-refractivity contribution in [3.05, 3.63) is 24.3 Å². The molecule has 0 aromatic heterocycles. The molecule has 1 aromatic carbocycles. The van der Waals surface area contributed by atoms with Gasteiger partial charge in [-0.05, 0) is 31.2 Å². The molecule has 0 aliphatic heterocycles. The molecule has 1 aromatic rings. The summed E-state index contributed by atoms with van der Waals surface area (Å²) in [7, 11) is 1.90. The number of rotatable bonds is 7. The van der Waals surface area contributed by atoms with Gasteiger partial charge in [0.15, 0.2) is 0 Å². The summed E-state index contributed by atoms with van der Waals surface area (Å²) in [6.07, 6.45) is 0.932. The average molecular weight is 209 g/mol. The highest BCUT2D eigenvalue weighted by atomic mass is 16.5. The lowest BCUT2D eigenvalue weighted by Gasteiger charge is -2.07. The summed E-state index contributed by atoms with van der Waals surface area (Å²) in [5.41, 5.74) is 1.09. The van der Waals surface area contributed by atoms with Gasteiger partial charge in [0.1, 0.15) is 5.75 Å². The van der Waals surface area contributed by atoms with Gasteiger partial charge >= 0.3 is 0 Å².